The van der Waals surface area contributed by atoms with E-state index in [1.54, 1.807) is 4.57 Å². The Morgan fingerprint density at radius 3 is 2.89 bits per heavy atom. The van der Waals surface area contributed by atoms with Gasteiger partial charge in [0.25, 0.3) is 0 Å². The smallest absolute Gasteiger partial charge is 0.303 e. The van der Waals surface area contributed by atoms with Gasteiger partial charge < -0.3 is 10.2 Å². The maximum absolute atomic E-state index is 10.6. The van der Waals surface area contributed by atoms with Gasteiger partial charge in [-0.05, 0) is 43.1 Å². The number of aromatic hydroxyl groups is 1. The number of hydrogen-bond donors (Lipinski definition) is 2. The van der Waals surface area contributed by atoms with Crippen LogP contribution in [-0.4, -0.2) is 27.0 Å². The molecule has 2 N–H and O–H groups in total. The van der Waals surface area contributed by atoms with Crippen LogP contribution in [0.4, 0.5) is 5.69 Å². The average Bonchev–Trinajstić information content (AvgIpc) is 3.17. The van der Waals surface area contributed by atoms with Gasteiger partial charge in [-0.3, -0.25) is 14.4 Å². The second kappa shape index (κ2) is 8.63. The predicted molar refractivity (Wildman–Crippen MR) is 113 cm³/mol. The molecule has 1 aliphatic rings. The Morgan fingerprint density at radius 2 is 2.15 bits per heavy atom. The van der Waals surface area contributed by atoms with Crippen LogP contribution >= 0.6 is 23.6 Å². The number of benzene rings is 1. The van der Waals surface area contributed by atoms with Crippen molar-refractivity contribution in [3.05, 3.63) is 38.2 Å². The molecule has 2 aromatic rings. The Bertz CT molecular complexity index is 970. The normalized spacial score (nSPS) is 14.0. The summed E-state index contributed by atoms with van der Waals surface area (Å²) < 4.78 is 2.35. The lowest BCUT2D eigenvalue weighted by Gasteiger charge is -2.05. The fourth-order valence-corrected chi connectivity index (χ4v) is 4.46. The summed E-state index contributed by atoms with van der Waals surface area (Å²) in [6, 6.07) is 6.16. The number of carboxylic acid groups (broad SMARTS) is 1. The number of allylic oxidation sites excluding steroid dienone is 1. The topological polar surface area (TPSA) is 74.8 Å². The molecule has 0 spiro atoms. The number of unbranched alkanes of at least 4 members (excludes halogenated alkanes) is 2. The second-order valence-corrected chi connectivity index (χ2v) is 8.11. The first-order valence-electron chi connectivity index (χ1n) is 9.03. The number of aliphatic imine (C=N–C) groups is 1. The van der Waals surface area contributed by atoms with Crippen molar-refractivity contribution < 1.29 is 15.0 Å². The highest BCUT2D eigenvalue weighted by Crippen LogP contribution is 2.38. The van der Waals surface area contributed by atoms with E-state index in [0.29, 0.717) is 16.9 Å². The fraction of sp³-hybridized carbons (Fsp3) is 0.350. The van der Waals surface area contributed by atoms with Crippen LogP contribution in [0.15, 0.2) is 23.2 Å². The van der Waals surface area contributed by atoms with E-state index in [1.807, 2.05) is 24.4 Å². The van der Waals surface area contributed by atoms with Gasteiger partial charge in [-0.15, -0.1) is 11.3 Å². The van der Waals surface area contributed by atoms with E-state index in [4.69, 9.17) is 17.3 Å². The maximum atomic E-state index is 10.6. The molecule has 1 aromatic heterocycles. The van der Waals surface area contributed by atoms with E-state index in [0.717, 1.165) is 41.0 Å². The molecule has 0 fully saturated rings. The third-order valence-electron chi connectivity index (χ3n) is 4.60. The predicted octanol–water partition coefficient (Wildman–Crippen LogP) is 5.45. The molecular formula is C20H22N2O3S2. The summed E-state index contributed by atoms with van der Waals surface area (Å²) in [5, 5.41) is 19.3. The number of nitrogens with zero attached hydrogens (tertiary/aromatic N) is 2. The lowest BCUT2D eigenvalue weighted by Crippen LogP contribution is -1.99. The highest BCUT2D eigenvalue weighted by molar-refractivity contribution is 7.73. The number of aliphatic carboxylic acids is 1. The monoisotopic (exact) mass is 402 g/mol. The average molecular weight is 403 g/mol. The van der Waals surface area contributed by atoms with Gasteiger partial charge in [0, 0.05) is 30.3 Å². The third kappa shape index (κ3) is 4.36. The van der Waals surface area contributed by atoms with Gasteiger partial charge in [0.05, 0.1) is 10.6 Å². The van der Waals surface area contributed by atoms with E-state index in [1.165, 1.54) is 16.9 Å². The van der Waals surface area contributed by atoms with E-state index in [2.05, 4.69) is 18.0 Å². The zero-order chi connectivity index (χ0) is 19.4. The summed E-state index contributed by atoms with van der Waals surface area (Å²) in [5.41, 5.74) is 4.27. The van der Waals surface area contributed by atoms with E-state index in [-0.39, 0.29) is 12.3 Å². The van der Waals surface area contributed by atoms with Crippen molar-refractivity contribution in [2.24, 2.45) is 4.99 Å². The molecular weight excluding hydrogens is 380 g/mol. The van der Waals surface area contributed by atoms with Crippen molar-refractivity contribution in [2.75, 3.05) is 0 Å². The van der Waals surface area contributed by atoms with Crippen molar-refractivity contribution in [2.45, 2.75) is 45.6 Å². The molecule has 0 unspecified atom stereocenters. The summed E-state index contributed by atoms with van der Waals surface area (Å²) in [7, 11) is 0. The minimum absolute atomic E-state index is 0.171. The Balaban J connectivity index is 1.77. The summed E-state index contributed by atoms with van der Waals surface area (Å²) in [6.07, 6.45) is 7.09. The van der Waals surface area contributed by atoms with E-state index >= 15 is 0 Å². The second-order valence-electron chi connectivity index (χ2n) is 6.44. The number of rotatable bonds is 8. The van der Waals surface area contributed by atoms with Crippen molar-refractivity contribution in [1.29, 1.82) is 0 Å². The first kappa shape index (κ1) is 19.5. The van der Waals surface area contributed by atoms with Gasteiger partial charge in [0.15, 0.2) is 3.95 Å². The minimum Gasteiger partial charge on any atom is -0.493 e. The van der Waals surface area contributed by atoms with Crippen LogP contribution in [0.3, 0.4) is 0 Å². The van der Waals surface area contributed by atoms with Crippen LogP contribution in [0.25, 0.3) is 11.6 Å². The molecule has 0 aliphatic carbocycles. The van der Waals surface area contributed by atoms with Gasteiger partial charge in [0.2, 0.25) is 5.88 Å². The van der Waals surface area contributed by atoms with Gasteiger partial charge in [-0.1, -0.05) is 31.5 Å². The van der Waals surface area contributed by atoms with Gasteiger partial charge in [-0.25, -0.2) is 0 Å². The molecule has 1 aliphatic heterocycles. The molecule has 0 saturated heterocycles. The summed E-state index contributed by atoms with van der Waals surface area (Å²) in [5.74, 6) is -0.604. The number of para-hydroxylation sites is 1. The standard InChI is InChI=1S/C20H22N2O3S2/c1-2-13-7-6-8-15-14(12-21-18(13)15)11-16-19(25)22(20(26)27-16)10-5-3-4-9-17(23)24/h6-8,11-12,25H,2-5,9-10H2,1H3,(H,23,24)/b14-11+. The number of aryl methyl sites for hydroxylation is 1. The molecule has 0 radical (unpaired) electrons. The maximum Gasteiger partial charge on any atom is 0.303 e. The van der Waals surface area contributed by atoms with Crippen LogP contribution < -0.4 is 0 Å². The molecule has 2 heterocycles. The van der Waals surface area contributed by atoms with Crippen LogP contribution in [-0.2, 0) is 17.8 Å². The fourth-order valence-electron chi connectivity index (χ4n) is 3.15. The van der Waals surface area contributed by atoms with E-state index in [9.17, 15) is 9.90 Å². The van der Waals surface area contributed by atoms with Crippen molar-refractivity contribution in [3.8, 4) is 5.88 Å². The SMILES string of the molecule is CCc1cccc2c1N=C/C2=C\c1sc(=S)n(CCCCCC(=O)O)c1O. The number of aromatic nitrogens is 1. The number of hydrogen-bond acceptors (Lipinski definition) is 5. The summed E-state index contributed by atoms with van der Waals surface area (Å²) in [4.78, 5) is 15.8. The van der Waals surface area contributed by atoms with E-state index < -0.39 is 5.97 Å². The number of carboxylic acids is 1. The third-order valence-corrected chi connectivity index (χ3v) is 5.98. The molecule has 3 rings (SSSR count). The van der Waals surface area contributed by atoms with Gasteiger partial charge >= 0.3 is 5.97 Å². The first-order valence-corrected chi connectivity index (χ1v) is 10.3. The molecule has 0 saturated carbocycles. The van der Waals surface area contributed by atoms with Crippen LogP contribution in [0.2, 0.25) is 0 Å². The lowest BCUT2D eigenvalue weighted by molar-refractivity contribution is -0.137. The molecule has 1 aromatic carbocycles. The lowest BCUT2D eigenvalue weighted by atomic mass is 10.0. The van der Waals surface area contributed by atoms with Crippen LogP contribution in [0, 0.1) is 3.95 Å². The molecule has 0 bridgehead atoms. The van der Waals surface area contributed by atoms with Crippen LogP contribution in [0.5, 0.6) is 5.88 Å². The number of fused-ring (bicyclic) bond motifs is 1. The number of thiazole rings is 1. The highest BCUT2D eigenvalue weighted by Gasteiger charge is 2.17. The zero-order valence-electron chi connectivity index (χ0n) is 15.1. The zero-order valence-corrected chi connectivity index (χ0v) is 16.8. The largest absolute Gasteiger partial charge is 0.493 e. The highest BCUT2D eigenvalue weighted by atomic mass is 32.1. The Morgan fingerprint density at radius 1 is 1.33 bits per heavy atom. The molecule has 142 valence electrons. The minimum atomic E-state index is -0.774. The Kier molecular flexibility index (Phi) is 6.23. The Labute approximate surface area is 167 Å². The van der Waals surface area contributed by atoms with Crippen LogP contribution in [0.1, 0.15) is 48.6 Å². The molecule has 0 amide bonds. The van der Waals surface area contributed by atoms with Crippen molar-refractivity contribution in [3.63, 3.8) is 0 Å². The first-order chi connectivity index (χ1) is 13.0. The van der Waals surface area contributed by atoms with Gasteiger partial charge in [-0.2, -0.15) is 0 Å². The van der Waals surface area contributed by atoms with Gasteiger partial charge in [0.1, 0.15) is 0 Å². The summed E-state index contributed by atoms with van der Waals surface area (Å²) >= 11 is 6.78. The Hall–Kier alpha value is -2.25. The molecule has 7 heteroatoms. The van der Waals surface area contributed by atoms with Crippen molar-refractivity contribution >= 4 is 53.1 Å². The summed E-state index contributed by atoms with van der Waals surface area (Å²) in [6.45, 7) is 2.70. The molecule has 5 nitrogen and oxygen atoms in total. The quantitative estimate of drug-likeness (QED) is 0.455. The number of carbonyl (C=O) groups is 1. The van der Waals surface area contributed by atoms with Crippen molar-refractivity contribution in [1.82, 2.24) is 4.57 Å². The molecule has 27 heavy (non-hydrogen) atoms. The molecule has 0 atom stereocenters.